The minimum atomic E-state index is -0.314. The number of para-hydroxylation sites is 1. The summed E-state index contributed by atoms with van der Waals surface area (Å²) in [5.74, 6) is 0.415. The number of carbonyl (C=O) groups excluding carboxylic acids is 1. The number of nitrogens with zero attached hydrogens (tertiary/aromatic N) is 6. The number of hydrogen-bond acceptors (Lipinski definition) is 6. The lowest BCUT2D eigenvalue weighted by Crippen LogP contribution is -2.50. The summed E-state index contributed by atoms with van der Waals surface area (Å²) in [5, 5.41) is 0.300. The van der Waals surface area contributed by atoms with Gasteiger partial charge in [-0.15, -0.1) is 0 Å². The van der Waals surface area contributed by atoms with E-state index in [-0.39, 0.29) is 18.0 Å². The zero-order valence-corrected chi connectivity index (χ0v) is 17.5. The maximum absolute atomic E-state index is 12.9. The van der Waals surface area contributed by atoms with E-state index in [2.05, 4.69) is 32.0 Å². The lowest BCUT2D eigenvalue weighted by Gasteiger charge is -2.36. The van der Waals surface area contributed by atoms with Crippen LogP contribution < -0.4 is 10.5 Å². The molecule has 8 heteroatoms. The molecule has 0 spiro atoms. The Morgan fingerprint density at radius 2 is 1.56 bits per heavy atom. The van der Waals surface area contributed by atoms with Crippen molar-refractivity contribution >= 4 is 22.6 Å². The summed E-state index contributed by atoms with van der Waals surface area (Å²) in [6, 6.07) is 19.7. The fraction of sp³-hybridized carbons (Fsp3) is 0.208. The lowest BCUT2D eigenvalue weighted by atomic mass is 10.2. The van der Waals surface area contributed by atoms with E-state index < -0.39 is 0 Å². The molecule has 0 unspecified atom stereocenters. The third-order valence-electron chi connectivity index (χ3n) is 5.67. The number of benzene rings is 2. The van der Waals surface area contributed by atoms with E-state index >= 15 is 0 Å². The van der Waals surface area contributed by atoms with Crippen LogP contribution in [-0.2, 0) is 11.3 Å². The van der Waals surface area contributed by atoms with Crippen LogP contribution in [0, 0.1) is 0 Å². The van der Waals surface area contributed by atoms with E-state index in [0.717, 1.165) is 24.3 Å². The number of anilines is 1. The monoisotopic (exact) mass is 426 g/mol. The highest BCUT2D eigenvalue weighted by atomic mass is 16.2. The van der Waals surface area contributed by atoms with Crippen LogP contribution in [0.4, 0.5) is 5.69 Å². The summed E-state index contributed by atoms with van der Waals surface area (Å²) < 4.78 is 1.33. The molecular formula is C24H22N6O2. The van der Waals surface area contributed by atoms with E-state index in [0.29, 0.717) is 29.9 Å². The van der Waals surface area contributed by atoms with Crippen molar-refractivity contribution in [2.24, 2.45) is 0 Å². The molecule has 3 heterocycles. The van der Waals surface area contributed by atoms with Gasteiger partial charge in [0, 0.05) is 43.6 Å². The first-order valence-electron chi connectivity index (χ1n) is 10.5. The van der Waals surface area contributed by atoms with Crippen LogP contribution in [0.2, 0.25) is 0 Å². The fourth-order valence-corrected chi connectivity index (χ4v) is 3.89. The van der Waals surface area contributed by atoms with E-state index in [1.54, 1.807) is 4.90 Å². The largest absolute Gasteiger partial charge is 0.368 e. The molecule has 1 aliphatic rings. The zero-order valence-electron chi connectivity index (χ0n) is 17.5. The maximum atomic E-state index is 12.9. The molecule has 8 nitrogen and oxygen atoms in total. The number of piperazine rings is 1. The van der Waals surface area contributed by atoms with E-state index in [4.69, 9.17) is 0 Å². The molecule has 5 rings (SSSR count). The van der Waals surface area contributed by atoms with Gasteiger partial charge in [0.2, 0.25) is 5.91 Å². The second-order valence-corrected chi connectivity index (χ2v) is 7.68. The summed E-state index contributed by atoms with van der Waals surface area (Å²) >= 11 is 0. The summed E-state index contributed by atoms with van der Waals surface area (Å²) in [7, 11) is 0. The highest BCUT2D eigenvalue weighted by molar-refractivity contribution is 5.78. The van der Waals surface area contributed by atoms with Crippen molar-refractivity contribution in [3.63, 3.8) is 0 Å². The Morgan fingerprint density at radius 1 is 0.875 bits per heavy atom. The summed E-state index contributed by atoms with van der Waals surface area (Å²) in [6.45, 7) is 2.71. The third kappa shape index (κ3) is 3.94. The molecule has 160 valence electrons. The predicted molar refractivity (Wildman–Crippen MR) is 122 cm³/mol. The Kier molecular flexibility index (Phi) is 5.33. The van der Waals surface area contributed by atoms with Gasteiger partial charge in [0.05, 0.1) is 0 Å². The number of carbonyl (C=O) groups is 1. The molecule has 0 aliphatic carbocycles. The van der Waals surface area contributed by atoms with Gasteiger partial charge in [-0.25, -0.2) is 15.0 Å². The second kappa shape index (κ2) is 8.58. The molecule has 2 aromatic heterocycles. The van der Waals surface area contributed by atoms with Crippen LogP contribution in [0.25, 0.3) is 22.4 Å². The minimum absolute atomic E-state index is 0.0481. The molecule has 0 atom stereocenters. The molecule has 0 N–H and O–H groups in total. The molecule has 1 saturated heterocycles. The van der Waals surface area contributed by atoms with Gasteiger partial charge in [0.1, 0.15) is 18.3 Å². The summed E-state index contributed by atoms with van der Waals surface area (Å²) in [6.07, 6.45) is 2.88. The van der Waals surface area contributed by atoms with Crippen molar-refractivity contribution in [2.75, 3.05) is 31.1 Å². The van der Waals surface area contributed by atoms with Crippen LogP contribution in [0.15, 0.2) is 78.0 Å². The second-order valence-electron chi connectivity index (χ2n) is 7.68. The van der Waals surface area contributed by atoms with Gasteiger partial charge in [-0.05, 0) is 12.1 Å². The van der Waals surface area contributed by atoms with Gasteiger partial charge in [0.15, 0.2) is 11.5 Å². The van der Waals surface area contributed by atoms with Gasteiger partial charge >= 0.3 is 0 Å². The molecule has 2 aromatic carbocycles. The van der Waals surface area contributed by atoms with E-state index in [1.165, 1.54) is 17.1 Å². The first-order valence-corrected chi connectivity index (χ1v) is 10.5. The zero-order chi connectivity index (χ0) is 21.9. The smallest absolute Gasteiger partial charge is 0.264 e. The Hall–Kier alpha value is -4.07. The van der Waals surface area contributed by atoms with Crippen LogP contribution >= 0.6 is 0 Å². The van der Waals surface area contributed by atoms with Gasteiger partial charge in [0.25, 0.3) is 5.56 Å². The van der Waals surface area contributed by atoms with Crippen molar-refractivity contribution in [2.45, 2.75) is 6.54 Å². The Balaban J connectivity index is 1.29. The van der Waals surface area contributed by atoms with Crippen molar-refractivity contribution in [3.8, 4) is 11.4 Å². The van der Waals surface area contributed by atoms with Crippen LogP contribution in [0.5, 0.6) is 0 Å². The summed E-state index contributed by atoms with van der Waals surface area (Å²) in [4.78, 5) is 42.8. The van der Waals surface area contributed by atoms with Crippen LogP contribution in [-0.4, -0.2) is 56.5 Å². The van der Waals surface area contributed by atoms with E-state index in [1.807, 2.05) is 48.5 Å². The first kappa shape index (κ1) is 19.9. The van der Waals surface area contributed by atoms with Gasteiger partial charge < -0.3 is 9.80 Å². The SMILES string of the molecule is O=C(Cn1cnc2nc(-c3ccccc3)ncc2c1=O)N1CCN(c2ccccc2)CC1. The van der Waals surface area contributed by atoms with Crippen molar-refractivity contribution in [1.82, 2.24) is 24.4 Å². The lowest BCUT2D eigenvalue weighted by molar-refractivity contribution is -0.132. The molecule has 0 radical (unpaired) electrons. The number of aromatic nitrogens is 4. The van der Waals surface area contributed by atoms with Crippen LogP contribution in [0.1, 0.15) is 0 Å². The molecule has 1 amide bonds. The number of rotatable bonds is 4. The number of hydrogen-bond donors (Lipinski definition) is 0. The quantitative estimate of drug-likeness (QED) is 0.498. The Morgan fingerprint density at radius 3 is 2.28 bits per heavy atom. The average Bonchev–Trinajstić information content (AvgIpc) is 2.86. The topological polar surface area (TPSA) is 84.2 Å². The molecule has 0 saturated carbocycles. The highest BCUT2D eigenvalue weighted by Gasteiger charge is 2.22. The third-order valence-corrected chi connectivity index (χ3v) is 5.67. The molecule has 1 aliphatic heterocycles. The summed E-state index contributed by atoms with van der Waals surface area (Å²) in [5.41, 5.74) is 2.02. The Bertz CT molecular complexity index is 1300. The van der Waals surface area contributed by atoms with Gasteiger partial charge in [-0.1, -0.05) is 48.5 Å². The molecule has 4 aromatic rings. The van der Waals surface area contributed by atoms with Gasteiger partial charge in [-0.2, -0.15) is 0 Å². The minimum Gasteiger partial charge on any atom is -0.368 e. The fourth-order valence-electron chi connectivity index (χ4n) is 3.89. The average molecular weight is 426 g/mol. The molecule has 0 bridgehead atoms. The number of fused-ring (bicyclic) bond motifs is 1. The number of amides is 1. The van der Waals surface area contributed by atoms with Gasteiger partial charge in [-0.3, -0.25) is 14.2 Å². The van der Waals surface area contributed by atoms with Crippen molar-refractivity contribution < 1.29 is 4.79 Å². The van der Waals surface area contributed by atoms with Crippen LogP contribution in [0.3, 0.4) is 0 Å². The molecule has 1 fully saturated rings. The first-order chi connectivity index (χ1) is 15.7. The molecule has 32 heavy (non-hydrogen) atoms. The predicted octanol–water partition coefficient (Wildman–Crippen LogP) is 2.20. The molecular weight excluding hydrogens is 404 g/mol. The Labute approximate surface area is 184 Å². The van der Waals surface area contributed by atoms with Crippen molar-refractivity contribution in [3.05, 3.63) is 83.5 Å². The van der Waals surface area contributed by atoms with E-state index in [9.17, 15) is 9.59 Å². The maximum Gasteiger partial charge on any atom is 0.264 e. The standard InChI is InChI=1S/C24H22N6O2/c31-21(29-13-11-28(12-14-29)19-9-5-2-6-10-19)16-30-17-26-23-20(24(30)32)15-25-22(27-23)18-7-3-1-4-8-18/h1-10,15,17H,11-14,16H2. The van der Waals surface area contributed by atoms with Crippen molar-refractivity contribution in [1.29, 1.82) is 0 Å². The normalized spacial score (nSPS) is 14.0. The highest BCUT2D eigenvalue weighted by Crippen LogP contribution is 2.17.